The monoisotopic (exact) mass is 314 g/mol. The average Bonchev–Trinajstić information content (AvgIpc) is 3.24. The van der Waals surface area contributed by atoms with Gasteiger partial charge in [0.25, 0.3) is 0 Å². The largest absolute Gasteiger partial charge is 0.396 e. The first-order valence-electron chi connectivity index (χ1n) is 7.42. The molecule has 1 aliphatic rings. The van der Waals surface area contributed by atoms with Crippen molar-refractivity contribution < 1.29 is 17.6 Å². The summed E-state index contributed by atoms with van der Waals surface area (Å²) in [7, 11) is 0. The van der Waals surface area contributed by atoms with Gasteiger partial charge < -0.3 is 9.88 Å². The molecule has 1 aliphatic carbocycles. The fourth-order valence-electron chi connectivity index (χ4n) is 2.63. The number of benzene rings is 1. The van der Waals surface area contributed by atoms with E-state index < -0.39 is 18.8 Å². The third-order valence-corrected chi connectivity index (χ3v) is 4.10. The smallest absolute Gasteiger partial charge is 0.346 e. The van der Waals surface area contributed by atoms with Crippen molar-refractivity contribution in [2.24, 2.45) is 5.92 Å². The van der Waals surface area contributed by atoms with Crippen LogP contribution in [0, 0.1) is 5.92 Å². The molecule has 2 aromatic rings. The van der Waals surface area contributed by atoms with Crippen molar-refractivity contribution in [1.29, 1.82) is 0 Å². The molecule has 1 atom stereocenters. The minimum absolute atomic E-state index is 0.385. The van der Waals surface area contributed by atoms with Gasteiger partial charge in [0, 0.05) is 36.2 Å². The Morgan fingerprint density at radius 1 is 1.23 bits per heavy atom. The summed E-state index contributed by atoms with van der Waals surface area (Å²) in [4.78, 5) is 0. The number of nitrogens with one attached hydrogen (secondary N) is 1. The van der Waals surface area contributed by atoms with Crippen molar-refractivity contribution in [2.75, 3.05) is 6.67 Å². The molecule has 0 amide bonds. The molecule has 120 valence electrons. The van der Waals surface area contributed by atoms with E-state index in [0.29, 0.717) is 12.6 Å². The normalized spacial score (nSPS) is 17.1. The van der Waals surface area contributed by atoms with Gasteiger partial charge >= 0.3 is 6.18 Å². The Morgan fingerprint density at radius 3 is 2.59 bits per heavy atom. The molecule has 0 aliphatic heterocycles. The molecule has 3 rings (SSSR count). The second-order valence-electron chi connectivity index (χ2n) is 5.87. The lowest BCUT2D eigenvalue weighted by Crippen LogP contribution is -2.29. The van der Waals surface area contributed by atoms with Gasteiger partial charge in [-0.15, -0.1) is 0 Å². The quantitative estimate of drug-likeness (QED) is 0.796. The number of hydrogen-bond donors (Lipinski definition) is 1. The van der Waals surface area contributed by atoms with Crippen molar-refractivity contribution >= 4 is 10.9 Å². The van der Waals surface area contributed by atoms with E-state index >= 15 is 0 Å². The topological polar surface area (TPSA) is 17.0 Å². The van der Waals surface area contributed by atoms with Crippen LogP contribution in [0.25, 0.3) is 10.9 Å². The second kappa shape index (κ2) is 5.91. The molecule has 1 saturated carbocycles. The zero-order valence-electron chi connectivity index (χ0n) is 12.0. The Morgan fingerprint density at radius 2 is 1.95 bits per heavy atom. The second-order valence-corrected chi connectivity index (χ2v) is 5.87. The van der Waals surface area contributed by atoms with Crippen LogP contribution in [0.1, 0.15) is 18.4 Å². The number of alkyl halides is 4. The van der Waals surface area contributed by atoms with Crippen LogP contribution < -0.4 is 5.32 Å². The predicted molar refractivity (Wildman–Crippen MR) is 77.3 cm³/mol. The molecule has 2 nitrogen and oxygen atoms in total. The highest BCUT2D eigenvalue weighted by Crippen LogP contribution is 2.30. The average molecular weight is 314 g/mol. The van der Waals surface area contributed by atoms with Crippen LogP contribution in [0.3, 0.4) is 0 Å². The summed E-state index contributed by atoms with van der Waals surface area (Å²) >= 11 is 0. The molecule has 1 aromatic heterocycles. The summed E-state index contributed by atoms with van der Waals surface area (Å²) in [6.07, 6.45) is -0.506. The molecule has 1 N–H and O–H groups in total. The first-order valence-corrected chi connectivity index (χ1v) is 7.42. The van der Waals surface area contributed by atoms with E-state index in [9.17, 15) is 17.6 Å². The number of halogens is 4. The van der Waals surface area contributed by atoms with Crippen molar-refractivity contribution in [3.8, 4) is 0 Å². The Balaban J connectivity index is 1.88. The molecule has 22 heavy (non-hydrogen) atoms. The highest BCUT2D eigenvalue weighted by molar-refractivity contribution is 5.83. The van der Waals surface area contributed by atoms with Crippen molar-refractivity contribution in [3.05, 3.63) is 36.0 Å². The lowest BCUT2D eigenvalue weighted by atomic mass is 10.1. The van der Waals surface area contributed by atoms with E-state index in [-0.39, 0.29) is 6.54 Å². The number of nitrogens with zero attached hydrogens (tertiary/aromatic N) is 1. The zero-order valence-corrected chi connectivity index (χ0v) is 12.0. The summed E-state index contributed by atoms with van der Waals surface area (Å²) in [6, 6.07) is 7.85. The first-order chi connectivity index (χ1) is 10.5. The third-order valence-electron chi connectivity index (χ3n) is 4.10. The van der Waals surface area contributed by atoms with Crippen LogP contribution in [0.15, 0.2) is 30.5 Å². The van der Waals surface area contributed by atoms with Crippen molar-refractivity contribution in [2.45, 2.75) is 38.1 Å². The standard InChI is InChI=1S/C16H18F4N2/c17-7-12(16(18,19)20)10-22-9-11(8-21-13-5-6-13)14-3-1-2-4-15(14)22/h1-4,9,12-13,21H,5-8,10H2. The van der Waals surface area contributed by atoms with Crippen LogP contribution in [-0.4, -0.2) is 23.5 Å². The van der Waals surface area contributed by atoms with Gasteiger partial charge in [-0.2, -0.15) is 13.2 Å². The fraction of sp³-hybridized carbons (Fsp3) is 0.500. The number of fused-ring (bicyclic) bond motifs is 1. The van der Waals surface area contributed by atoms with Crippen LogP contribution >= 0.6 is 0 Å². The van der Waals surface area contributed by atoms with Gasteiger partial charge in [0.15, 0.2) is 0 Å². The summed E-state index contributed by atoms with van der Waals surface area (Å²) in [5.41, 5.74) is 1.68. The lowest BCUT2D eigenvalue weighted by molar-refractivity contribution is -0.181. The molecule has 0 saturated heterocycles. The summed E-state index contributed by atoms with van der Waals surface area (Å²) in [5.74, 6) is -1.97. The Labute approximate surface area is 126 Å². The highest BCUT2D eigenvalue weighted by Gasteiger charge is 2.40. The number of hydrogen-bond acceptors (Lipinski definition) is 1. The zero-order chi connectivity index (χ0) is 15.7. The van der Waals surface area contributed by atoms with E-state index in [1.54, 1.807) is 18.3 Å². The van der Waals surface area contributed by atoms with Gasteiger partial charge in [-0.1, -0.05) is 18.2 Å². The van der Waals surface area contributed by atoms with E-state index in [4.69, 9.17) is 0 Å². The Kier molecular flexibility index (Phi) is 4.12. The van der Waals surface area contributed by atoms with Gasteiger partial charge in [-0.3, -0.25) is 4.39 Å². The highest BCUT2D eigenvalue weighted by atomic mass is 19.4. The fourth-order valence-corrected chi connectivity index (χ4v) is 2.63. The molecule has 0 radical (unpaired) electrons. The van der Waals surface area contributed by atoms with Crippen LogP contribution in [0.4, 0.5) is 17.6 Å². The number of para-hydroxylation sites is 1. The van der Waals surface area contributed by atoms with Gasteiger partial charge in [-0.05, 0) is 24.5 Å². The van der Waals surface area contributed by atoms with Crippen LogP contribution in [-0.2, 0) is 13.1 Å². The maximum atomic E-state index is 12.8. The maximum absolute atomic E-state index is 12.8. The summed E-state index contributed by atoms with van der Waals surface area (Å²) in [5, 5.41) is 4.29. The Hall–Kier alpha value is -1.56. The van der Waals surface area contributed by atoms with E-state index in [2.05, 4.69) is 5.32 Å². The number of rotatable bonds is 6. The molecule has 6 heteroatoms. The third kappa shape index (κ3) is 3.27. The molecular formula is C16H18F4N2. The van der Waals surface area contributed by atoms with Gasteiger partial charge in [-0.25, -0.2) is 0 Å². The molecule has 1 aromatic carbocycles. The summed E-state index contributed by atoms with van der Waals surface area (Å²) in [6.45, 7) is -1.15. The molecular weight excluding hydrogens is 296 g/mol. The molecule has 1 heterocycles. The van der Waals surface area contributed by atoms with Crippen molar-refractivity contribution in [1.82, 2.24) is 9.88 Å². The van der Waals surface area contributed by atoms with Gasteiger partial charge in [0.2, 0.25) is 0 Å². The predicted octanol–water partition coefficient (Wildman–Crippen LogP) is 4.04. The van der Waals surface area contributed by atoms with E-state index in [1.165, 1.54) is 4.57 Å². The first kappa shape index (κ1) is 15.3. The van der Waals surface area contributed by atoms with Crippen LogP contribution in [0.5, 0.6) is 0 Å². The van der Waals surface area contributed by atoms with E-state index in [0.717, 1.165) is 29.3 Å². The molecule has 1 fully saturated rings. The lowest BCUT2D eigenvalue weighted by Gasteiger charge is -2.18. The van der Waals surface area contributed by atoms with Gasteiger partial charge in [0.05, 0.1) is 0 Å². The van der Waals surface area contributed by atoms with Crippen molar-refractivity contribution in [3.63, 3.8) is 0 Å². The van der Waals surface area contributed by atoms with E-state index in [1.807, 2.05) is 12.1 Å². The minimum Gasteiger partial charge on any atom is -0.346 e. The molecule has 0 bridgehead atoms. The summed E-state index contributed by atoms with van der Waals surface area (Å²) < 4.78 is 52.7. The minimum atomic E-state index is -4.52. The van der Waals surface area contributed by atoms with Gasteiger partial charge in [0.1, 0.15) is 12.6 Å². The molecule has 0 spiro atoms. The molecule has 1 unspecified atom stereocenters. The number of aromatic nitrogens is 1. The van der Waals surface area contributed by atoms with Crippen LogP contribution in [0.2, 0.25) is 0 Å². The Bertz CT molecular complexity index is 643. The maximum Gasteiger partial charge on any atom is 0.396 e. The SMILES string of the molecule is FCC(Cn1cc(CNC2CC2)c2ccccc21)C(F)(F)F.